The molecule has 5 heteroatoms. The molecule has 18 heavy (non-hydrogen) atoms. The number of rotatable bonds is 3. The average Bonchev–Trinajstić information content (AvgIpc) is 2.74. The highest BCUT2D eigenvalue weighted by molar-refractivity contribution is 6.33. The molecule has 0 saturated carbocycles. The van der Waals surface area contributed by atoms with Crippen LogP contribution in [0.25, 0.3) is 0 Å². The first-order chi connectivity index (χ1) is 8.56. The van der Waals surface area contributed by atoms with E-state index in [2.05, 4.69) is 4.99 Å². The molecule has 0 unspecified atom stereocenters. The number of carbonyl (C=O) groups is 1. The van der Waals surface area contributed by atoms with Crippen LogP contribution < -0.4 is 0 Å². The van der Waals surface area contributed by atoms with Crippen LogP contribution >= 0.6 is 11.6 Å². The molecule has 0 spiro atoms. The lowest BCUT2D eigenvalue weighted by Gasteiger charge is -1.99. The zero-order chi connectivity index (χ0) is 13.1. The molecular weight excluding hydrogens is 252 g/mol. The van der Waals surface area contributed by atoms with Crippen LogP contribution in [0.4, 0.5) is 5.69 Å². The molecule has 0 radical (unpaired) electrons. The van der Waals surface area contributed by atoms with Crippen molar-refractivity contribution in [2.24, 2.45) is 12.0 Å². The molecule has 1 N–H and O–H groups in total. The van der Waals surface area contributed by atoms with Crippen LogP contribution in [0.5, 0.6) is 0 Å². The lowest BCUT2D eigenvalue weighted by Crippen LogP contribution is -1.94. The Hall–Kier alpha value is -2.07. The molecule has 1 aromatic carbocycles. The van der Waals surface area contributed by atoms with Crippen molar-refractivity contribution in [3.8, 4) is 0 Å². The molecule has 2 rings (SSSR count). The Morgan fingerprint density at radius 2 is 2.22 bits per heavy atom. The number of aromatic nitrogens is 1. The van der Waals surface area contributed by atoms with Gasteiger partial charge in [-0.3, -0.25) is 4.99 Å². The van der Waals surface area contributed by atoms with Gasteiger partial charge in [0.2, 0.25) is 0 Å². The van der Waals surface area contributed by atoms with Gasteiger partial charge in [0, 0.05) is 31.2 Å². The summed E-state index contributed by atoms with van der Waals surface area (Å²) in [5.41, 5.74) is 1.54. The molecule has 0 aliphatic rings. The summed E-state index contributed by atoms with van der Waals surface area (Å²) in [7, 11) is 1.91. The van der Waals surface area contributed by atoms with Gasteiger partial charge in [0.25, 0.3) is 0 Å². The van der Waals surface area contributed by atoms with Crippen LogP contribution in [0, 0.1) is 0 Å². The fourth-order valence-corrected chi connectivity index (χ4v) is 1.66. The standard InChI is InChI=1S/C13H11ClN2O2/c1-16-5-4-9(8-16)7-15-12-6-10(13(17)18)2-3-11(12)14/h2-8H,1H3,(H,17,18). The van der Waals surface area contributed by atoms with Crippen molar-refractivity contribution in [3.05, 3.63) is 52.8 Å². The first-order valence-corrected chi connectivity index (χ1v) is 5.63. The Morgan fingerprint density at radius 3 is 2.83 bits per heavy atom. The Bertz CT molecular complexity index is 617. The lowest BCUT2D eigenvalue weighted by atomic mass is 10.2. The fourth-order valence-electron chi connectivity index (χ4n) is 1.49. The average molecular weight is 263 g/mol. The highest BCUT2D eigenvalue weighted by Crippen LogP contribution is 2.25. The number of carboxylic acids is 1. The largest absolute Gasteiger partial charge is 0.478 e. The number of aliphatic imine (C=N–C) groups is 1. The number of nitrogens with zero attached hydrogens (tertiary/aromatic N) is 2. The first kappa shape index (κ1) is 12.4. The lowest BCUT2D eigenvalue weighted by molar-refractivity contribution is 0.0697. The minimum atomic E-state index is -0.997. The Kier molecular flexibility index (Phi) is 3.48. The zero-order valence-electron chi connectivity index (χ0n) is 9.67. The number of aromatic carboxylic acids is 1. The number of halogens is 1. The van der Waals surface area contributed by atoms with Gasteiger partial charge in [-0.1, -0.05) is 11.6 Å². The third-order valence-electron chi connectivity index (χ3n) is 2.40. The zero-order valence-corrected chi connectivity index (χ0v) is 10.4. The molecular formula is C13H11ClN2O2. The van der Waals surface area contributed by atoms with Crippen molar-refractivity contribution in [3.63, 3.8) is 0 Å². The van der Waals surface area contributed by atoms with Crippen molar-refractivity contribution < 1.29 is 9.90 Å². The van der Waals surface area contributed by atoms with Crippen LogP contribution in [0.1, 0.15) is 15.9 Å². The molecule has 2 aromatic rings. The smallest absolute Gasteiger partial charge is 0.335 e. The van der Waals surface area contributed by atoms with E-state index in [1.165, 1.54) is 18.2 Å². The topological polar surface area (TPSA) is 54.6 Å². The van der Waals surface area contributed by atoms with Gasteiger partial charge in [-0.15, -0.1) is 0 Å². The van der Waals surface area contributed by atoms with E-state index in [0.29, 0.717) is 10.7 Å². The molecule has 4 nitrogen and oxygen atoms in total. The minimum Gasteiger partial charge on any atom is -0.478 e. The van der Waals surface area contributed by atoms with Gasteiger partial charge in [0.05, 0.1) is 16.3 Å². The van der Waals surface area contributed by atoms with E-state index in [0.717, 1.165) is 5.56 Å². The van der Waals surface area contributed by atoms with E-state index in [-0.39, 0.29) is 5.56 Å². The van der Waals surface area contributed by atoms with Crippen LogP contribution in [0.3, 0.4) is 0 Å². The Labute approximate surface area is 109 Å². The molecule has 0 fully saturated rings. The summed E-state index contributed by atoms with van der Waals surface area (Å²) in [6, 6.07) is 6.33. The van der Waals surface area contributed by atoms with Crippen LogP contribution in [0.2, 0.25) is 5.02 Å². The van der Waals surface area contributed by atoms with E-state index in [1.54, 1.807) is 6.21 Å². The second kappa shape index (κ2) is 5.06. The third kappa shape index (κ3) is 2.78. The highest BCUT2D eigenvalue weighted by Gasteiger charge is 2.06. The number of aryl methyl sites for hydroxylation is 1. The summed E-state index contributed by atoms with van der Waals surface area (Å²) in [4.78, 5) is 15.0. The molecule has 0 bridgehead atoms. The van der Waals surface area contributed by atoms with E-state index in [4.69, 9.17) is 16.7 Å². The minimum absolute atomic E-state index is 0.166. The second-order valence-electron chi connectivity index (χ2n) is 3.84. The molecule has 1 aromatic heterocycles. The fraction of sp³-hybridized carbons (Fsp3) is 0.0769. The summed E-state index contributed by atoms with van der Waals surface area (Å²) < 4.78 is 1.90. The van der Waals surface area contributed by atoms with Gasteiger partial charge in [-0.25, -0.2) is 4.79 Å². The number of benzene rings is 1. The molecule has 0 aliphatic heterocycles. The molecule has 0 amide bonds. The molecule has 0 atom stereocenters. The Balaban J connectivity index is 2.30. The third-order valence-corrected chi connectivity index (χ3v) is 2.72. The van der Waals surface area contributed by atoms with Crippen LogP contribution in [-0.4, -0.2) is 21.9 Å². The van der Waals surface area contributed by atoms with E-state index >= 15 is 0 Å². The number of carboxylic acid groups (broad SMARTS) is 1. The van der Waals surface area contributed by atoms with E-state index in [1.807, 2.05) is 30.1 Å². The predicted octanol–water partition coefficient (Wildman–Crippen LogP) is 3.13. The van der Waals surface area contributed by atoms with Crippen LogP contribution in [0.15, 0.2) is 41.7 Å². The maximum absolute atomic E-state index is 10.8. The summed E-state index contributed by atoms with van der Waals surface area (Å²) in [6.07, 6.45) is 5.45. The molecule has 0 saturated heterocycles. The quantitative estimate of drug-likeness (QED) is 0.864. The number of hydrogen-bond donors (Lipinski definition) is 1. The summed E-state index contributed by atoms with van der Waals surface area (Å²) in [6.45, 7) is 0. The van der Waals surface area contributed by atoms with E-state index in [9.17, 15) is 4.79 Å². The van der Waals surface area contributed by atoms with Crippen molar-refractivity contribution in [1.29, 1.82) is 0 Å². The van der Waals surface area contributed by atoms with Gasteiger partial charge < -0.3 is 9.67 Å². The maximum Gasteiger partial charge on any atom is 0.335 e. The maximum atomic E-state index is 10.8. The van der Waals surface area contributed by atoms with Crippen molar-refractivity contribution in [1.82, 2.24) is 4.57 Å². The van der Waals surface area contributed by atoms with Gasteiger partial charge in [0.1, 0.15) is 0 Å². The Morgan fingerprint density at radius 1 is 1.44 bits per heavy atom. The van der Waals surface area contributed by atoms with E-state index < -0.39 is 5.97 Å². The van der Waals surface area contributed by atoms with Gasteiger partial charge >= 0.3 is 5.97 Å². The van der Waals surface area contributed by atoms with Gasteiger partial charge in [-0.2, -0.15) is 0 Å². The second-order valence-corrected chi connectivity index (χ2v) is 4.25. The van der Waals surface area contributed by atoms with Crippen molar-refractivity contribution in [2.45, 2.75) is 0 Å². The highest BCUT2D eigenvalue weighted by atomic mass is 35.5. The number of hydrogen-bond acceptors (Lipinski definition) is 2. The molecule has 0 aliphatic carbocycles. The molecule has 1 heterocycles. The van der Waals surface area contributed by atoms with Crippen molar-refractivity contribution in [2.75, 3.05) is 0 Å². The molecule has 92 valence electrons. The first-order valence-electron chi connectivity index (χ1n) is 5.25. The predicted molar refractivity (Wildman–Crippen MR) is 71.1 cm³/mol. The van der Waals surface area contributed by atoms with Gasteiger partial charge in [0.15, 0.2) is 0 Å². The van der Waals surface area contributed by atoms with Crippen molar-refractivity contribution >= 4 is 29.5 Å². The normalized spacial score (nSPS) is 11.0. The summed E-state index contributed by atoms with van der Waals surface area (Å²) >= 11 is 5.96. The van der Waals surface area contributed by atoms with Gasteiger partial charge in [-0.05, 0) is 24.3 Å². The summed E-state index contributed by atoms with van der Waals surface area (Å²) in [5.74, 6) is -0.997. The van der Waals surface area contributed by atoms with Crippen LogP contribution in [-0.2, 0) is 7.05 Å². The summed E-state index contributed by atoms with van der Waals surface area (Å²) in [5, 5.41) is 9.31. The monoisotopic (exact) mass is 262 g/mol. The SMILES string of the molecule is Cn1ccc(C=Nc2cc(C(=O)O)ccc2Cl)c1.